The summed E-state index contributed by atoms with van der Waals surface area (Å²) < 4.78 is 7.72. The Morgan fingerprint density at radius 1 is 1.24 bits per heavy atom. The minimum absolute atomic E-state index is 0.156. The van der Waals surface area contributed by atoms with E-state index in [0.29, 0.717) is 23.9 Å². The second-order valence-electron chi connectivity index (χ2n) is 5.80. The SMILES string of the molecule is Cc1nc2ccccc2n1CCNC(=O)[C@H](C)Oc1ccc(Cl)cc1. The van der Waals surface area contributed by atoms with Gasteiger partial charge in [-0.3, -0.25) is 4.79 Å². The van der Waals surface area contributed by atoms with Crippen LogP contribution in [0, 0.1) is 6.92 Å². The van der Waals surface area contributed by atoms with E-state index in [9.17, 15) is 4.79 Å². The molecule has 0 saturated carbocycles. The fraction of sp³-hybridized carbons (Fsp3) is 0.263. The van der Waals surface area contributed by atoms with E-state index in [1.54, 1.807) is 31.2 Å². The molecule has 0 spiro atoms. The molecular formula is C19H20ClN3O2. The van der Waals surface area contributed by atoms with Gasteiger partial charge >= 0.3 is 0 Å². The number of aryl methyl sites for hydroxylation is 1. The van der Waals surface area contributed by atoms with Crippen LogP contribution in [0.2, 0.25) is 5.02 Å². The number of amides is 1. The van der Waals surface area contributed by atoms with Gasteiger partial charge in [0.1, 0.15) is 11.6 Å². The highest BCUT2D eigenvalue weighted by Gasteiger charge is 2.14. The Labute approximate surface area is 151 Å². The minimum atomic E-state index is -0.582. The number of hydrogen-bond acceptors (Lipinski definition) is 3. The van der Waals surface area contributed by atoms with Gasteiger partial charge in [0.25, 0.3) is 5.91 Å². The molecule has 5 nitrogen and oxygen atoms in total. The third kappa shape index (κ3) is 4.12. The fourth-order valence-electron chi connectivity index (χ4n) is 2.68. The summed E-state index contributed by atoms with van der Waals surface area (Å²) in [5.41, 5.74) is 2.03. The molecule has 0 fully saturated rings. The summed E-state index contributed by atoms with van der Waals surface area (Å²) in [5.74, 6) is 1.39. The summed E-state index contributed by atoms with van der Waals surface area (Å²) in [6.45, 7) is 4.86. The van der Waals surface area contributed by atoms with Gasteiger partial charge in [0.05, 0.1) is 11.0 Å². The molecule has 0 aliphatic carbocycles. The zero-order valence-corrected chi connectivity index (χ0v) is 15.0. The van der Waals surface area contributed by atoms with Crippen molar-refractivity contribution in [2.75, 3.05) is 6.54 Å². The van der Waals surface area contributed by atoms with Gasteiger partial charge < -0.3 is 14.6 Å². The van der Waals surface area contributed by atoms with Crippen molar-refractivity contribution in [1.29, 1.82) is 0 Å². The van der Waals surface area contributed by atoms with Crippen LogP contribution in [-0.4, -0.2) is 28.1 Å². The van der Waals surface area contributed by atoms with E-state index in [1.807, 2.05) is 31.2 Å². The van der Waals surface area contributed by atoms with Crippen molar-refractivity contribution in [2.24, 2.45) is 0 Å². The Hall–Kier alpha value is -2.53. The average molecular weight is 358 g/mol. The van der Waals surface area contributed by atoms with E-state index in [0.717, 1.165) is 16.9 Å². The van der Waals surface area contributed by atoms with Crippen LogP contribution in [0.5, 0.6) is 5.75 Å². The van der Waals surface area contributed by atoms with Crippen LogP contribution in [0.1, 0.15) is 12.7 Å². The van der Waals surface area contributed by atoms with Gasteiger partial charge in [-0.1, -0.05) is 23.7 Å². The molecular weight excluding hydrogens is 338 g/mol. The van der Waals surface area contributed by atoms with E-state index < -0.39 is 6.10 Å². The number of nitrogens with zero attached hydrogens (tertiary/aromatic N) is 2. The first-order valence-corrected chi connectivity index (χ1v) is 8.54. The highest BCUT2D eigenvalue weighted by atomic mass is 35.5. The lowest BCUT2D eigenvalue weighted by Gasteiger charge is -2.15. The van der Waals surface area contributed by atoms with Crippen molar-refractivity contribution in [3.05, 3.63) is 59.4 Å². The molecule has 0 saturated heterocycles. The summed E-state index contributed by atoms with van der Waals surface area (Å²) in [6, 6.07) is 14.9. The molecule has 0 radical (unpaired) electrons. The molecule has 3 rings (SSSR count). The summed E-state index contributed by atoms with van der Waals surface area (Å²) >= 11 is 5.84. The minimum Gasteiger partial charge on any atom is -0.481 e. The first-order valence-electron chi connectivity index (χ1n) is 8.16. The first kappa shape index (κ1) is 17.3. The van der Waals surface area contributed by atoms with Crippen LogP contribution < -0.4 is 10.1 Å². The molecule has 1 heterocycles. The molecule has 1 amide bonds. The van der Waals surface area contributed by atoms with Crippen molar-refractivity contribution in [2.45, 2.75) is 26.5 Å². The number of aromatic nitrogens is 2. The normalized spacial score (nSPS) is 12.1. The number of hydrogen-bond donors (Lipinski definition) is 1. The maximum Gasteiger partial charge on any atom is 0.260 e. The lowest BCUT2D eigenvalue weighted by atomic mass is 10.3. The predicted octanol–water partition coefficient (Wildman–Crippen LogP) is 3.58. The topological polar surface area (TPSA) is 56.2 Å². The van der Waals surface area contributed by atoms with Crippen LogP contribution in [0.4, 0.5) is 0 Å². The van der Waals surface area contributed by atoms with Gasteiger partial charge in [0.15, 0.2) is 6.10 Å². The third-order valence-corrected chi connectivity index (χ3v) is 4.23. The Morgan fingerprint density at radius 3 is 2.72 bits per heavy atom. The fourth-order valence-corrected chi connectivity index (χ4v) is 2.81. The van der Waals surface area contributed by atoms with Gasteiger partial charge in [-0.05, 0) is 50.2 Å². The Balaban J connectivity index is 1.55. The molecule has 2 aromatic carbocycles. The molecule has 0 aliphatic heterocycles. The number of halogens is 1. The summed E-state index contributed by atoms with van der Waals surface area (Å²) in [6.07, 6.45) is -0.582. The molecule has 0 unspecified atom stereocenters. The molecule has 3 aromatic rings. The number of carbonyl (C=O) groups excluding carboxylic acids is 1. The van der Waals surface area contributed by atoms with E-state index in [1.165, 1.54) is 0 Å². The molecule has 130 valence electrons. The summed E-state index contributed by atoms with van der Waals surface area (Å²) in [5, 5.41) is 3.54. The van der Waals surface area contributed by atoms with Crippen LogP contribution in [0.3, 0.4) is 0 Å². The zero-order valence-electron chi connectivity index (χ0n) is 14.2. The number of benzene rings is 2. The van der Waals surface area contributed by atoms with E-state index >= 15 is 0 Å². The quantitative estimate of drug-likeness (QED) is 0.733. The van der Waals surface area contributed by atoms with Crippen LogP contribution in [0.15, 0.2) is 48.5 Å². The second-order valence-corrected chi connectivity index (χ2v) is 6.24. The van der Waals surface area contributed by atoms with Gasteiger partial charge in [-0.2, -0.15) is 0 Å². The number of fused-ring (bicyclic) bond motifs is 1. The molecule has 0 bridgehead atoms. The van der Waals surface area contributed by atoms with E-state index in [4.69, 9.17) is 16.3 Å². The number of nitrogens with one attached hydrogen (secondary N) is 1. The Bertz CT molecular complexity index is 874. The molecule has 0 aliphatic rings. The summed E-state index contributed by atoms with van der Waals surface area (Å²) in [4.78, 5) is 16.7. The highest BCUT2D eigenvalue weighted by molar-refractivity contribution is 6.30. The van der Waals surface area contributed by atoms with Gasteiger partial charge in [0, 0.05) is 18.1 Å². The van der Waals surface area contributed by atoms with Gasteiger partial charge in [-0.25, -0.2) is 4.98 Å². The summed E-state index contributed by atoms with van der Waals surface area (Å²) in [7, 11) is 0. The Morgan fingerprint density at radius 2 is 1.96 bits per heavy atom. The van der Waals surface area contributed by atoms with Crippen molar-refractivity contribution in [3.8, 4) is 5.75 Å². The molecule has 1 N–H and O–H groups in total. The lowest BCUT2D eigenvalue weighted by Crippen LogP contribution is -2.38. The first-order chi connectivity index (χ1) is 12.0. The lowest BCUT2D eigenvalue weighted by molar-refractivity contribution is -0.127. The monoisotopic (exact) mass is 357 g/mol. The van der Waals surface area contributed by atoms with Crippen molar-refractivity contribution >= 4 is 28.5 Å². The predicted molar refractivity (Wildman–Crippen MR) is 99.0 cm³/mol. The van der Waals surface area contributed by atoms with Crippen molar-refractivity contribution in [3.63, 3.8) is 0 Å². The van der Waals surface area contributed by atoms with Gasteiger partial charge in [-0.15, -0.1) is 0 Å². The largest absolute Gasteiger partial charge is 0.481 e. The van der Waals surface area contributed by atoms with Crippen molar-refractivity contribution in [1.82, 2.24) is 14.9 Å². The number of ether oxygens (including phenoxy) is 1. The third-order valence-electron chi connectivity index (χ3n) is 3.98. The Kier molecular flexibility index (Phi) is 5.24. The van der Waals surface area contributed by atoms with E-state index in [-0.39, 0.29) is 5.91 Å². The van der Waals surface area contributed by atoms with Crippen LogP contribution in [0.25, 0.3) is 11.0 Å². The van der Waals surface area contributed by atoms with E-state index in [2.05, 4.69) is 14.9 Å². The highest BCUT2D eigenvalue weighted by Crippen LogP contribution is 2.17. The molecule has 1 aromatic heterocycles. The standard InChI is InChI=1S/C19H20ClN3O2/c1-13(25-16-9-7-15(20)8-10-16)19(24)21-11-12-23-14(2)22-17-5-3-4-6-18(17)23/h3-10,13H,11-12H2,1-2H3,(H,21,24)/t13-/m0/s1. The maximum absolute atomic E-state index is 12.2. The molecule has 1 atom stereocenters. The van der Waals surface area contributed by atoms with Crippen LogP contribution >= 0.6 is 11.6 Å². The van der Waals surface area contributed by atoms with Crippen molar-refractivity contribution < 1.29 is 9.53 Å². The number of para-hydroxylation sites is 2. The second kappa shape index (κ2) is 7.57. The maximum atomic E-state index is 12.2. The smallest absolute Gasteiger partial charge is 0.260 e. The van der Waals surface area contributed by atoms with Gasteiger partial charge in [0.2, 0.25) is 0 Å². The number of rotatable bonds is 6. The van der Waals surface area contributed by atoms with Crippen LogP contribution in [-0.2, 0) is 11.3 Å². The average Bonchev–Trinajstić information content (AvgIpc) is 2.92. The molecule has 25 heavy (non-hydrogen) atoms. The number of carbonyl (C=O) groups is 1. The number of imidazole rings is 1. The molecule has 6 heteroatoms. The zero-order chi connectivity index (χ0) is 17.8.